The van der Waals surface area contributed by atoms with Crippen molar-refractivity contribution in [3.05, 3.63) is 83.9 Å². The fraction of sp³-hybridized carbons (Fsp3) is 0.459. The third-order valence-electron chi connectivity index (χ3n) is 7.48. The average molecular weight is 643 g/mol. The predicted octanol–water partition coefficient (Wildman–Crippen LogP) is 10.00. The summed E-state index contributed by atoms with van der Waals surface area (Å²) in [5, 5.41) is 0. The monoisotopic (exact) mass is 642 g/mol. The highest BCUT2D eigenvalue weighted by Gasteiger charge is 2.36. The second kappa shape index (κ2) is 19.6. The number of hydrogen-bond acceptors (Lipinski definition) is 6. The molecule has 0 saturated heterocycles. The molecule has 0 heterocycles. The molecule has 0 amide bonds. The normalized spacial score (nSPS) is 12.0. The van der Waals surface area contributed by atoms with Crippen LogP contribution in [0.15, 0.2) is 72.8 Å². The summed E-state index contributed by atoms with van der Waals surface area (Å²) in [6.07, 6.45) is 3.69. The van der Waals surface area contributed by atoms with Crippen LogP contribution in [0, 0.1) is 0 Å². The van der Waals surface area contributed by atoms with Gasteiger partial charge in [0.1, 0.15) is 11.5 Å². The zero-order valence-electron chi connectivity index (χ0n) is 26.8. The first kappa shape index (κ1) is 36.6. The minimum atomic E-state index is -4.35. The van der Waals surface area contributed by atoms with Gasteiger partial charge >= 0.3 is 18.1 Å². The quantitative estimate of drug-likeness (QED) is 0.0694. The topological polar surface area (TPSA) is 71.1 Å². The minimum Gasteiger partial charge on any atom is -0.494 e. The Balaban J connectivity index is 1.35. The molecule has 0 saturated carbocycles. The van der Waals surface area contributed by atoms with Gasteiger partial charge in [-0.05, 0) is 92.3 Å². The first-order valence-corrected chi connectivity index (χ1v) is 16.2. The first-order chi connectivity index (χ1) is 22.2. The Hall–Kier alpha value is -3.85. The molecule has 0 aliphatic heterocycles. The van der Waals surface area contributed by atoms with E-state index in [4.69, 9.17) is 18.9 Å². The number of ether oxygens (including phenoxy) is 4. The van der Waals surface area contributed by atoms with Gasteiger partial charge in [-0.1, -0.05) is 69.7 Å². The van der Waals surface area contributed by atoms with Crippen molar-refractivity contribution < 1.29 is 41.7 Å². The molecular weight excluding hydrogens is 597 g/mol. The Morgan fingerprint density at radius 1 is 0.609 bits per heavy atom. The van der Waals surface area contributed by atoms with E-state index in [1.165, 1.54) is 56.4 Å². The van der Waals surface area contributed by atoms with Crippen molar-refractivity contribution in [1.82, 2.24) is 0 Å². The number of alkyl halides is 3. The summed E-state index contributed by atoms with van der Waals surface area (Å²) in [6, 6.07) is 21.2. The molecule has 0 spiro atoms. The summed E-state index contributed by atoms with van der Waals surface area (Å²) in [6.45, 7) is 4.15. The zero-order valence-corrected chi connectivity index (χ0v) is 26.8. The maximum Gasteiger partial charge on any atom is 0.414 e. The highest BCUT2D eigenvalue weighted by molar-refractivity contribution is 5.92. The van der Waals surface area contributed by atoms with E-state index in [0.717, 1.165) is 30.2 Å². The Labute approximate surface area is 270 Å². The number of halogens is 3. The van der Waals surface area contributed by atoms with Crippen LogP contribution >= 0.6 is 0 Å². The van der Waals surface area contributed by atoms with Crippen LogP contribution in [0.25, 0.3) is 11.1 Å². The van der Waals surface area contributed by atoms with E-state index in [-0.39, 0.29) is 13.2 Å². The smallest absolute Gasteiger partial charge is 0.414 e. The molecule has 3 rings (SSSR count). The van der Waals surface area contributed by atoms with Crippen molar-refractivity contribution in [3.8, 4) is 22.6 Å². The van der Waals surface area contributed by atoms with Crippen LogP contribution in [0.3, 0.4) is 0 Å². The molecule has 0 bridgehead atoms. The molecule has 1 unspecified atom stereocenters. The maximum atomic E-state index is 12.7. The van der Waals surface area contributed by atoms with Gasteiger partial charge in [0.25, 0.3) is 0 Å². The molecule has 3 aromatic rings. The Morgan fingerprint density at radius 3 is 1.70 bits per heavy atom. The van der Waals surface area contributed by atoms with E-state index in [9.17, 15) is 22.8 Å². The zero-order chi connectivity index (χ0) is 33.2. The number of rotatable bonds is 20. The van der Waals surface area contributed by atoms with Gasteiger partial charge in [-0.3, -0.25) is 0 Å². The minimum absolute atomic E-state index is 0.0345. The summed E-state index contributed by atoms with van der Waals surface area (Å²) in [5.41, 5.74) is 2.69. The van der Waals surface area contributed by atoms with Crippen LogP contribution in [0.4, 0.5) is 13.2 Å². The SMILES string of the molecule is CCCCCCCCOc1ccc(-c2ccc(C(=O)Oc3ccc(C(=O)OCCCCCCOC(C)C(F)(F)F)cc3)cc2)cc1. The molecule has 0 aromatic heterocycles. The second-order valence-electron chi connectivity index (χ2n) is 11.2. The van der Waals surface area contributed by atoms with Crippen molar-refractivity contribution in [3.63, 3.8) is 0 Å². The largest absolute Gasteiger partial charge is 0.494 e. The van der Waals surface area contributed by atoms with E-state index in [0.29, 0.717) is 49.2 Å². The van der Waals surface area contributed by atoms with Gasteiger partial charge in [0.2, 0.25) is 0 Å². The van der Waals surface area contributed by atoms with Gasteiger partial charge in [-0.25, -0.2) is 9.59 Å². The van der Waals surface area contributed by atoms with E-state index >= 15 is 0 Å². The molecule has 46 heavy (non-hydrogen) atoms. The molecular formula is C37H45F3O6. The lowest BCUT2D eigenvalue weighted by molar-refractivity contribution is -0.214. The van der Waals surface area contributed by atoms with Gasteiger partial charge in [0, 0.05) is 6.61 Å². The van der Waals surface area contributed by atoms with Gasteiger partial charge in [0.15, 0.2) is 6.10 Å². The Morgan fingerprint density at radius 2 is 1.09 bits per heavy atom. The molecule has 0 aliphatic carbocycles. The highest BCUT2D eigenvalue weighted by atomic mass is 19.4. The lowest BCUT2D eigenvalue weighted by atomic mass is 10.0. The average Bonchev–Trinajstić information content (AvgIpc) is 3.05. The molecule has 0 N–H and O–H groups in total. The molecule has 0 fully saturated rings. The fourth-order valence-corrected chi connectivity index (χ4v) is 4.60. The highest BCUT2D eigenvalue weighted by Crippen LogP contribution is 2.25. The van der Waals surface area contributed by atoms with Crippen molar-refractivity contribution in [2.24, 2.45) is 0 Å². The second-order valence-corrected chi connectivity index (χ2v) is 11.2. The molecule has 0 radical (unpaired) electrons. The summed E-state index contributed by atoms with van der Waals surface area (Å²) >= 11 is 0. The summed E-state index contributed by atoms with van der Waals surface area (Å²) < 4.78 is 58.6. The number of benzene rings is 3. The lowest BCUT2D eigenvalue weighted by Gasteiger charge is -2.16. The van der Waals surface area contributed by atoms with Crippen molar-refractivity contribution in [1.29, 1.82) is 0 Å². The summed E-state index contributed by atoms with van der Waals surface area (Å²) in [7, 11) is 0. The summed E-state index contributed by atoms with van der Waals surface area (Å²) in [4.78, 5) is 25.0. The van der Waals surface area contributed by atoms with E-state index in [2.05, 4.69) is 6.92 Å². The number of carbonyl (C=O) groups is 2. The third-order valence-corrected chi connectivity index (χ3v) is 7.48. The third kappa shape index (κ3) is 13.3. The van der Waals surface area contributed by atoms with Crippen molar-refractivity contribution in [2.45, 2.75) is 90.3 Å². The first-order valence-electron chi connectivity index (χ1n) is 16.2. The van der Waals surface area contributed by atoms with Crippen LogP contribution in [0.5, 0.6) is 11.5 Å². The molecule has 1 atom stereocenters. The van der Waals surface area contributed by atoms with Crippen LogP contribution in [0.2, 0.25) is 0 Å². The molecule has 9 heteroatoms. The predicted molar refractivity (Wildman–Crippen MR) is 172 cm³/mol. The van der Waals surface area contributed by atoms with E-state index in [1.807, 2.05) is 36.4 Å². The van der Waals surface area contributed by atoms with E-state index < -0.39 is 24.2 Å². The molecule has 0 aliphatic rings. The maximum absolute atomic E-state index is 12.7. The van der Waals surface area contributed by atoms with Crippen molar-refractivity contribution >= 4 is 11.9 Å². The number of unbranched alkanes of at least 4 members (excludes halogenated alkanes) is 8. The molecule has 6 nitrogen and oxygen atoms in total. The number of esters is 2. The fourth-order valence-electron chi connectivity index (χ4n) is 4.60. The Bertz CT molecular complexity index is 1300. The molecule has 3 aromatic carbocycles. The molecule has 250 valence electrons. The van der Waals surface area contributed by atoms with Gasteiger partial charge in [-0.15, -0.1) is 0 Å². The number of hydrogen-bond donors (Lipinski definition) is 0. The standard InChI is InChI=1S/C37H45F3O6/c1-3-4-5-6-7-11-26-44-33-21-17-30(18-22-33)29-13-15-32(16-14-29)36(42)46-34-23-19-31(20-24-34)35(41)45-27-12-9-8-10-25-43-28(2)37(38,39)40/h13-24,28H,3-12,25-27H2,1-2H3. The Kier molecular flexibility index (Phi) is 15.6. The van der Waals surface area contributed by atoms with Gasteiger partial charge < -0.3 is 18.9 Å². The van der Waals surface area contributed by atoms with Crippen molar-refractivity contribution in [2.75, 3.05) is 19.8 Å². The van der Waals surface area contributed by atoms with Crippen LogP contribution in [-0.4, -0.2) is 44.0 Å². The van der Waals surface area contributed by atoms with Gasteiger partial charge in [-0.2, -0.15) is 13.2 Å². The van der Waals surface area contributed by atoms with Crippen LogP contribution < -0.4 is 9.47 Å². The number of carbonyl (C=O) groups excluding carboxylic acids is 2. The van der Waals surface area contributed by atoms with Gasteiger partial charge in [0.05, 0.1) is 24.3 Å². The lowest BCUT2D eigenvalue weighted by Crippen LogP contribution is -2.28. The van der Waals surface area contributed by atoms with Crippen LogP contribution in [0.1, 0.15) is 98.8 Å². The summed E-state index contributed by atoms with van der Waals surface area (Å²) in [5.74, 6) is 0.118. The van der Waals surface area contributed by atoms with E-state index in [1.54, 1.807) is 12.1 Å². The van der Waals surface area contributed by atoms with Crippen LogP contribution in [-0.2, 0) is 9.47 Å².